The van der Waals surface area contributed by atoms with Crippen molar-refractivity contribution in [1.82, 2.24) is 4.90 Å². The van der Waals surface area contributed by atoms with Gasteiger partial charge in [0.25, 0.3) is 0 Å². The summed E-state index contributed by atoms with van der Waals surface area (Å²) in [7, 11) is 0. The molecule has 2 fully saturated rings. The number of nitrogens with zero attached hydrogens (tertiary/aromatic N) is 1. The molecule has 4 atom stereocenters. The standard InChI is InChI=1S/C19H27F3N2O2.2ClH/c1-13(14-5-4-6-16(11-14)26-19(20,21)22)18(25)9-3-2-7-17(18)24-10-8-15(23)12-24;;/h4-6,11,13,15,17,25H,2-3,7-10,12,23H2,1H3;2*1H/t13?,15-,17?,18?;;/m0../s1. The fraction of sp³-hybridized carbons (Fsp3) is 0.684. The van der Waals surface area contributed by atoms with Gasteiger partial charge in [0, 0.05) is 31.1 Å². The molecule has 0 radical (unpaired) electrons. The first-order chi connectivity index (χ1) is 12.2. The first kappa shape index (κ1) is 25.3. The predicted octanol–water partition coefficient (Wildman–Crippen LogP) is 4.24. The number of rotatable bonds is 4. The van der Waals surface area contributed by atoms with E-state index in [0.717, 1.165) is 38.8 Å². The molecule has 1 aromatic carbocycles. The third kappa shape index (κ3) is 5.66. The van der Waals surface area contributed by atoms with Crippen molar-refractivity contribution in [3.63, 3.8) is 0 Å². The van der Waals surface area contributed by atoms with Crippen LogP contribution in [0.4, 0.5) is 13.2 Å². The lowest BCUT2D eigenvalue weighted by Gasteiger charge is -2.48. The number of likely N-dealkylation sites (tertiary alicyclic amines) is 1. The van der Waals surface area contributed by atoms with E-state index in [0.29, 0.717) is 12.0 Å². The molecule has 0 aromatic heterocycles. The van der Waals surface area contributed by atoms with Crippen LogP contribution in [0.1, 0.15) is 50.5 Å². The van der Waals surface area contributed by atoms with Gasteiger partial charge in [-0.15, -0.1) is 38.0 Å². The fourth-order valence-corrected chi connectivity index (χ4v) is 4.53. The Balaban J connectivity index is 0.00000196. The van der Waals surface area contributed by atoms with E-state index >= 15 is 0 Å². The van der Waals surface area contributed by atoms with Gasteiger partial charge in [-0.1, -0.05) is 31.9 Å². The summed E-state index contributed by atoms with van der Waals surface area (Å²) in [6, 6.07) is 6.07. The molecular formula is C19H29Cl2F3N2O2. The van der Waals surface area contributed by atoms with Crippen LogP contribution < -0.4 is 10.5 Å². The van der Waals surface area contributed by atoms with Crippen LogP contribution in [-0.2, 0) is 0 Å². The van der Waals surface area contributed by atoms with Crippen molar-refractivity contribution in [3.8, 4) is 5.75 Å². The highest BCUT2D eigenvalue weighted by atomic mass is 35.5. The van der Waals surface area contributed by atoms with Crippen molar-refractivity contribution < 1.29 is 23.0 Å². The van der Waals surface area contributed by atoms with Crippen LogP contribution >= 0.6 is 24.8 Å². The average molecular weight is 445 g/mol. The summed E-state index contributed by atoms with van der Waals surface area (Å²) in [5.74, 6) is -0.553. The summed E-state index contributed by atoms with van der Waals surface area (Å²) in [5, 5.41) is 11.6. The van der Waals surface area contributed by atoms with Crippen LogP contribution in [-0.4, -0.2) is 47.1 Å². The van der Waals surface area contributed by atoms with Crippen LogP contribution in [0, 0.1) is 0 Å². The molecule has 1 aliphatic heterocycles. The maximum atomic E-state index is 12.5. The van der Waals surface area contributed by atoms with Gasteiger partial charge in [-0.25, -0.2) is 0 Å². The maximum Gasteiger partial charge on any atom is 0.573 e. The van der Waals surface area contributed by atoms with Gasteiger partial charge in [0.15, 0.2) is 0 Å². The fourth-order valence-electron chi connectivity index (χ4n) is 4.53. The first-order valence-corrected chi connectivity index (χ1v) is 9.27. The Hall–Kier alpha value is -0.730. The number of hydrogen-bond acceptors (Lipinski definition) is 4. The Morgan fingerprint density at radius 1 is 1.25 bits per heavy atom. The van der Waals surface area contributed by atoms with E-state index in [1.807, 2.05) is 6.92 Å². The Morgan fingerprint density at radius 3 is 2.57 bits per heavy atom. The highest BCUT2D eigenvalue weighted by Gasteiger charge is 2.47. The molecule has 4 nitrogen and oxygen atoms in total. The summed E-state index contributed by atoms with van der Waals surface area (Å²) in [5.41, 5.74) is 5.71. The third-order valence-electron chi connectivity index (χ3n) is 5.92. The summed E-state index contributed by atoms with van der Waals surface area (Å²) in [6.45, 7) is 3.51. The predicted molar refractivity (Wildman–Crippen MR) is 107 cm³/mol. The van der Waals surface area contributed by atoms with Gasteiger partial charge in [0.2, 0.25) is 0 Å². The zero-order chi connectivity index (χ0) is 18.9. The molecule has 1 aromatic rings. The molecule has 1 heterocycles. The summed E-state index contributed by atoms with van der Waals surface area (Å²) < 4.78 is 41.6. The minimum absolute atomic E-state index is 0. The van der Waals surface area contributed by atoms with Gasteiger partial charge in [-0.2, -0.15) is 0 Å². The molecule has 3 unspecified atom stereocenters. The number of hydrogen-bond donors (Lipinski definition) is 2. The van der Waals surface area contributed by atoms with Crippen molar-refractivity contribution in [2.24, 2.45) is 5.73 Å². The van der Waals surface area contributed by atoms with Gasteiger partial charge in [-0.3, -0.25) is 4.90 Å². The maximum absolute atomic E-state index is 12.5. The van der Waals surface area contributed by atoms with Crippen LogP contribution in [0.15, 0.2) is 24.3 Å². The second-order valence-corrected chi connectivity index (χ2v) is 7.64. The first-order valence-electron chi connectivity index (χ1n) is 9.27. The van der Waals surface area contributed by atoms with Gasteiger partial charge >= 0.3 is 6.36 Å². The molecule has 1 saturated carbocycles. The molecular weight excluding hydrogens is 416 g/mol. The van der Waals surface area contributed by atoms with E-state index in [-0.39, 0.29) is 48.6 Å². The Kier molecular flexibility index (Phi) is 8.90. The van der Waals surface area contributed by atoms with Gasteiger partial charge < -0.3 is 15.6 Å². The summed E-state index contributed by atoms with van der Waals surface area (Å²) in [4.78, 5) is 2.26. The third-order valence-corrected chi connectivity index (χ3v) is 5.92. The Labute approximate surface area is 176 Å². The van der Waals surface area contributed by atoms with Gasteiger partial charge in [0.05, 0.1) is 5.60 Å². The smallest absolute Gasteiger partial charge is 0.406 e. The van der Waals surface area contributed by atoms with E-state index in [1.54, 1.807) is 12.1 Å². The zero-order valence-corrected chi connectivity index (χ0v) is 17.5. The molecule has 0 bridgehead atoms. The number of ether oxygens (including phenoxy) is 1. The van der Waals surface area contributed by atoms with Gasteiger partial charge in [-0.05, 0) is 37.0 Å². The second kappa shape index (κ2) is 9.85. The molecule has 0 amide bonds. The second-order valence-electron chi connectivity index (χ2n) is 7.64. The number of alkyl halides is 3. The number of aliphatic hydroxyl groups is 1. The van der Waals surface area contributed by atoms with Crippen LogP contribution in [0.2, 0.25) is 0 Å². The highest BCUT2D eigenvalue weighted by molar-refractivity contribution is 5.85. The molecule has 1 saturated heterocycles. The number of nitrogens with two attached hydrogens (primary N) is 1. The quantitative estimate of drug-likeness (QED) is 0.728. The summed E-state index contributed by atoms with van der Waals surface area (Å²) in [6.07, 6.45) is -0.340. The minimum atomic E-state index is -4.72. The highest BCUT2D eigenvalue weighted by Crippen LogP contribution is 2.43. The normalized spacial score (nSPS) is 29.5. The van der Waals surface area contributed by atoms with E-state index in [1.165, 1.54) is 12.1 Å². The minimum Gasteiger partial charge on any atom is -0.406 e. The summed E-state index contributed by atoms with van der Waals surface area (Å²) >= 11 is 0. The van der Waals surface area contributed by atoms with E-state index in [2.05, 4.69) is 9.64 Å². The average Bonchev–Trinajstić information content (AvgIpc) is 2.99. The molecule has 1 aliphatic carbocycles. The molecule has 0 spiro atoms. The monoisotopic (exact) mass is 444 g/mol. The largest absolute Gasteiger partial charge is 0.573 e. The molecule has 3 N–H and O–H groups in total. The Bertz CT molecular complexity index is 635. The van der Waals surface area contributed by atoms with Crippen molar-refractivity contribution in [1.29, 1.82) is 0 Å². The molecule has 3 rings (SSSR count). The van der Waals surface area contributed by atoms with Crippen molar-refractivity contribution >= 4 is 24.8 Å². The lowest BCUT2D eigenvalue weighted by Crippen LogP contribution is -2.57. The Morgan fingerprint density at radius 2 is 1.96 bits per heavy atom. The van der Waals surface area contributed by atoms with Crippen molar-refractivity contribution in [3.05, 3.63) is 29.8 Å². The topological polar surface area (TPSA) is 58.7 Å². The molecule has 2 aliphatic rings. The van der Waals surface area contributed by atoms with Crippen molar-refractivity contribution in [2.45, 2.75) is 69.0 Å². The van der Waals surface area contributed by atoms with E-state index < -0.39 is 12.0 Å². The number of halogens is 5. The van der Waals surface area contributed by atoms with Crippen LogP contribution in [0.3, 0.4) is 0 Å². The lowest BCUT2D eigenvalue weighted by atomic mass is 9.70. The van der Waals surface area contributed by atoms with Crippen LogP contribution in [0.25, 0.3) is 0 Å². The van der Waals surface area contributed by atoms with E-state index in [9.17, 15) is 18.3 Å². The van der Waals surface area contributed by atoms with Gasteiger partial charge in [0.1, 0.15) is 5.75 Å². The molecule has 162 valence electrons. The zero-order valence-electron chi connectivity index (χ0n) is 15.8. The van der Waals surface area contributed by atoms with Crippen molar-refractivity contribution in [2.75, 3.05) is 13.1 Å². The molecule has 9 heteroatoms. The van der Waals surface area contributed by atoms with E-state index in [4.69, 9.17) is 5.73 Å². The van der Waals surface area contributed by atoms with Crippen LogP contribution in [0.5, 0.6) is 5.75 Å². The SMILES string of the molecule is CC(c1cccc(OC(F)(F)F)c1)C1(O)CCCCC1N1CC[C@H](N)C1.Cl.Cl. The molecule has 28 heavy (non-hydrogen) atoms. The number of benzene rings is 1. The lowest BCUT2D eigenvalue weighted by molar-refractivity contribution is -0.274.